The molecule has 4 heteroatoms. The van der Waals surface area contributed by atoms with Gasteiger partial charge in [-0.25, -0.2) is 8.78 Å². The standard InChI is InChI=1S/C14H20F2N2/c1-18(2)12-5-3-4-11(10-12)13(17)6-8-14(15,16)9-7-13/h3-5,10H,6-9,17H2,1-2H3. The SMILES string of the molecule is CN(C)c1cccc(C2(N)CCC(F)(F)CC2)c1. The van der Waals surface area contributed by atoms with Crippen LogP contribution in [-0.4, -0.2) is 20.0 Å². The summed E-state index contributed by atoms with van der Waals surface area (Å²) in [4.78, 5) is 1.99. The predicted molar refractivity (Wildman–Crippen MR) is 70.0 cm³/mol. The molecule has 2 N–H and O–H groups in total. The van der Waals surface area contributed by atoms with Gasteiger partial charge in [0.05, 0.1) is 0 Å². The summed E-state index contributed by atoms with van der Waals surface area (Å²) >= 11 is 0. The van der Waals surface area contributed by atoms with Crippen molar-refractivity contribution >= 4 is 5.69 Å². The van der Waals surface area contributed by atoms with Gasteiger partial charge < -0.3 is 10.6 Å². The van der Waals surface area contributed by atoms with E-state index < -0.39 is 11.5 Å². The minimum absolute atomic E-state index is 0.115. The van der Waals surface area contributed by atoms with E-state index in [9.17, 15) is 8.78 Å². The lowest BCUT2D eigenvalue weighted by Crippen LogP contribution is -2.43. The smallest absolute Gasteiger partial charge is 0.248 e. The quantitative estimate of drug-likeness (QED) is 0.878. The van der Waals surface area contributed by atoms with Crippen LogP contribution in [0.4, 0.5) is 14.5 Å². The number of hydrogen-bond acceptors (Lipinski definition) is 2. The highest BCUT2D eigenvalue weighted by Gasteiger charge is 2.42. The molecule has 0 unspecified atom stereocenters. The summed E-state index contributed by atoms with van der Waals surface area (Å²) in [6.45, 7) is 0. The molecule has 1 aliphatic carbocycles. The summed E-state index contributed by atoms with van der Waals surface area (Å²) in [5.74, 6) is -2.54. The molecule has 0 atom stereocenters. The van der Waals surface area contributed by atoms with Gasteiger partial charge in [0, 0.05) is 38.2 Å². The highest BCUT2D eigenvalue weighted by Crippen LogP contribution is 2.42. The van der Waals surface area contributed by atoms with E-state index in [-0.39, 0.29) is 12.8 Å². The largest absolute Gasteiger partial charge is 0.378 e. The highest BCUT2D eigenvalue weighted by molar-refractivity contribution is 5.48. The molecule has 100 valence electrons. The fourth-order valence-electron chi connectivity index (χ4n) is 2.44. The molecule has 2 nitrogen and oxygen atoms in total. The summed E-state index contributed by atoms with van der Waals surface area (Å²) < 4.78 is 26.4. The van der Waals surface area contributed by atoms with Crippen LogP contribution in [0.5, 0.6) is 0 Å². The number of nitrogens with zero attached hydrogens (tertiary/aromatic N) is 1. The first-order valence-electron chi connectivity index (χ1n) is 6.27. The normalized spacial score (nSPS) is 21.6. The van der Waals surface area contributed by atoms with E-state index in [0.717, 1.165) is 11.3 Å². The Bertz CT molecular complexity index is 420. The molecule has 1 aromatic carbocycles. The van der Waals surface area contributed by atoms with Crippen molar-refractivity contribution in [1.29, 1.82) is 0 Å². The van der Waals surface area contributed by atoms with Crippen molar-refractivity contribution in [1.82, 2.24) is 0 Å². The van der Waals surface area contributed by atoms with E-state index in [1.54, 1.807) is 0 Å². The van der Waals surface area contributed by atoms with Crippen LogP contribution in [0.2, 0.25) is 0 Å². The first kappa shape index (κ1) is 13.3. The maximum absolute atomic E-state index is 13.2. The van der Waals surface area contributed by atoms with Gasteiger partial charge in [0.25, 0.3) is 0 Å². The predicted octanol–water partition coefficient (Wildman–Crippen LogP) is 3.12. The topological polar surface area (TPSA) is 29.3 Å². The van der Waals surface area contributed by atoms with Crippen LogP contribution in [0.3, 0.4) is 0 Å². The van der Waals surface area contributed by atoms with Crippen molar-refractivity contribution in [2.45, 2.75) is 37.1 Å². The number of alkyl halides is 2. The lowest BCUT2D eigenvalue weighted by Gasteiger charge is -2.37. The molecule has 1 aliphatic rings. The van der Waals surface area contributed by atoms with E-state index in [2.05, 4.69) is 0 Å². The number of anilines is 1. The average Bonchev–Trinajstić information content (AvgIpc) is 2.34. The van der Waals surface area contributed by atoms with Gasteiger partial charge in [0.2, 0.25) is 5.92 Å². The van der Waals surface area contributed by atoms with Gasteiger partial charge in [-0.05, 0) is 30.5 Å². The Balaban J connectivity index is 2.23. The Labute approximate surface area is 107 Å². The van der Waals surface area contributed by atoms with E-state index >= 15 is 0 Å². The number of halogens is 2. The summed E-state index contributed by atoms with van der Waals surface area (Å²) in [5.41, 5.74) is 7.73. The molecule has 0 spiro atoms. The molecule has 0 aromatic heterocycles. The Morgan fingerprint density at radius 2 is 1.72 bits per heavy atom. The zero-order chi connectivity index (χ0) is 13.4. The van der Waals surface area contributed by atoms with Gasteiger partial charge >= 0.3 is 0 Å². The molecule has 18 heavy (non-hydrogen) atoms. The Kier molecular flexibility index (Phi) is 3.32. The van der Waals surface area contributed by atoms with E-state index in [0.29, 0.717) is 12.8 Å². The zero-order valence-corrected chi connectivity index (χ0v) is 10.9. The van der Waals surface area contributed by atoms with Gasteiger partial charge in [-0.3, -0.25) is 0 Å². The molecule has 1 aromatic rings. The molecule has 1 fully saturated rings. The second kappa shape index (κ2) is 4.50. The highest BCUT2D eigenvalue weighted by atomic mass is 19.3. The van der Waals surface area contributed by atoms with E-state index in [1.807, 2.05) is 43.3 Å². The zero-order valence-electron chi connectivity index (χ0n) is 10.9. The summed E-state index contributed by atoms with van der Waals surface area (Å²) in [6.07, 6.45) is 0.457. The van der Waals surface area contributed by atoms with Crippen molar-refractivity contribution in [3.05, 3.63) is 29.8 Å². The van der Waals surface area contributed by atoms with Crippen molar-refractivity contribution in [3.63, 3.8) is 0 Å². The molecule has 0 bridgehead atoms. The van der Waals surface area contributed by atoms with Crippen molar-refractivity contribution in [3.8, 4) is 0 Å². The molecular formula is C14H20F2N2. The minimum atomic E-state index is -2.54. The third-order valence-corrected chi connectivity index (χ3v) is 3.81. The Morgan fingerprint density at radius 1 is 1.11 bits per heavy atom. The van der Waals surface area contributed by atoms with Crippen LogP contribution in [0.25, 0.3) is 0 Å². The summed E-state index contributed by atoms with van der Waals surface area (Å²) in [6, 6.07) is 7.87. The summed E-state index contributed by atoms with van der Waals surface area (Å²) in [5, 5.41) is 0. The number of hydrogen-bond donors (Lipinski definition) is 1. The van der Waals surface area contributed by atoms with Gasteiger partial charge in [0.1, 0.15) is 0 Å². The van der Waals surface area contributed by atoms with Crippen LogP contribution in [0.15, 0.2) is 24.3 Å². The third-order valence-electron chi connectivity index (χ3n) is 3.81. The fraction of sp³-hybridized carbons (Fsp3) is 0.571. The first-order valence-corrected chi connectivity index (χ1v) is 6.27. The average molecular weight is 254 g/mol. The van der Waals surface area contributed by atoms with Crippen molar-refractivity contribution < 1.29 is 8.78 Å². The van der Waals surface area contributed by atoms with Gasteiger partial charge in [-0.1, -0.05) is 12.1 Å². The summed E-state index contributed by atoms with van der Waals surface area (Å²) in [7, 11) is 3.91. The van der Waals surface area contributed by atoms with Gasteiger partial charge in [-0.15, -0.1) is 0 Å². The second-order valence-electron chi connectivity index (χ2n) is 5.46. The van der Waals surface area contributed by atoms with Crippen LogP contribution in [-0.2, 0) is 5.54 Å². The van der Waals surface area contributed by atoms with Crippen LogP contribution in [0, 0.1) is 0 Å². The third kappa shape index (κ3) is 2.64. The monoisotopic (exact) mass is 254 g/mol. The lowest BCUT2D eigenvalue weighted by molar-refractivity contribution is -0.0514. The molecule has 0 radical (unpaired) electrons. The van der Waals surface area contributed by atoms with Crippen molar-refractivity contribution in [2.75, 3.05) is 19.0 Å². The van der Waals surface area contributed by atoms with Gasteiger partial charge in [0.15, 0.2) is 0 Å². The Hall–Kier alpha value is -1.16. The molecule has 1 saturated carbocycles. The molecular weight excluding hydrogens is 234 g/mol. The second-order valence-corrected chi connectivity index (χ2v) is 5.46. The maximum Gasteiger partial charge on any atom is 0.248 e. The minimum Gasteiger partial charge on any atom is -0.378 e. The lowest BCUT2D eigenvalue weighted by atomic mass is 9.76. The molecule has 0 amide bonds. The first-order chi connectivity index (χ1) is 8.32. The van der Waals surface area contributed by atoms with Gasteiger partial charge in [-0.2, -0.15) is 0 Å². The Morgan fingerprint density at radius 3 is 2.28 bits per heavy atom. The van der Waals surface area contributed by atoms with Crippen LogP contribution >= 0.6 is 0 Å². The molecule has 0 aliphatic heterocycles. The van der Waals surface area contributed by atoms with Crippen LogP contribution < -0.4 is 10.6 Å². The molecule has 2 rings (SSSR count). The fourth-order valence-corrected chi connectivity index (χ4v) is 2.44. The van der Waals surface area contributed by atoms with Crippen molar-refractivity contribution in [2.24, 2.45) is 5.73 Å². The van der Waals surface area contributed by atoms with Crippen LogP contribution in [0.1, 0.15) is 31.2 Å². The number of rotatable bonds is 2. The van der Waals surface area contributed by atoms with E-state index in [4.69, 9.17) is 5.73 Å². The maximum atomic E-state index is 13.2. The number of benzene rings is 1. The molecule has 0 heterocycles. The number of nitrogens with two attached hydrogens (primary N) is 1. The van der Waals surface area contributed by atoms with E-state index in [1.165, 1.54) is 0 Å². The molecule has 0 saturated heterocycles.